The molecule has 3 aliphatic rings. The lowest BCUT2D eigenvalue weighted by atomic mass is 10.2. The second-order valence-corrected chi connectivity index (χ2v) is 8.78. The molecule has 1 aromatic rings. The van der Waals surface area contributed by atoms with E-state index in [9.17, 15) is 0 Å². The molecule has 0 spiro atoms. The summed E-state index contributed by atoms with van der Waals surface area (Å²) >= 11 is 0. The summed E-state index contributed by atoms with van der Waals surface area (Å²) in [5.74, 6) is 2.70. The Labute approximate surface area is 185 Å². The summed E-state index contributed by atoms with van der Waals surface area (Å²) in [5.41, 5.74) is 4.32. The number of hydrogen-bond donors (Lipinski definition) is 1. The third-order valence-corrected chi connectivity index (χ3v) is 6.49. The van der Waals surface area contributed by atoms with Gasteiger partial charge in [0.1, 0.15) is 17.7 Å². The highest BCUT2D eigenvalue weighted by molar-refractivity contribution is 6.04. The van der Waals surface area contributed by atoms with Crippen LogP contribution in [0.3, 0.4) is 0 Å². The summed E-state index contributed by atoms with van der Waals surface area (Å²) in [6, 6.07) is 6.49. The van der Waals surface area contributed by atoms with Crippen LogP contribution in [-0.2, 0) is 0 Å². The number of rotatable bonds is 7. The van der Waals surface area contributed by atoms with Crippen molar-refractivity contribution < 1.29 is 0 Å². The van der Waals surface area contributed by atoms with Gasteiger partial charge in [0.2, 0.25) is 0 Å². The van der Waals surface area contributed by atoms with Crippen molar-refractivity contribution in [2.75, 3.05) is 24.5 Å². The Morgan fingerprint density at radius 1 is 1.35 bits per heavy atom. The zero-order chi connectivity index (χ0) is 21.8. The fraction of sp³-hybridized carbons (Fsp3) is 0.480. The van der Waals surface area contributed by atoms with Gasteiger partial charge in [0, 0.05) is 55.5 Å². The van der Waals surface area contributed by atoms with Crippen LogP contribution in [0.4, 0.5) is 5.82 Å². The average molecular weight is 417 g/mol. The van der Waals surface area contributed by atoms with E-state index in [-0.39, 0.29) is 0 Å². The Balaban J connectivity index is 1.51. The topological polar surface area (TPSA) is 67.6 Å². The number of aliphatic imine (C=N–C) groups is 1. The minimum absolute atomic E-state index is 0.428. The van der Waals surface area contributed by atoms with Gasteiger partial charge in [-0.1, -0.05) is 12.5 Å². The second-order valence-electron chi connectivity index (χ2n) is 8.78. The molecule has 0 aromatic carbocycles. The van der Waals surface area contributed by atoms with E-state index >= 15 is 0 Å². The lowest BCUT2D eigenvalue weighted by Crippen LogP contribution is -2.39. The third-order valence-electron chi connectivity index (χ3n) is 6.49. The highest BCUT2D eigenvalue weighted by Gasteiger charge is 2.33. The highest BCUT2D eigenvalue weighted by atomic mass is 15.3. The number of aromatic nitrogens is 1. The molecule has 162 valence electrons. The smallest absolute Gasteiger partial charge is 0.138 e. The van der Waals surface area contributed by atoms with Crippen molar-refractivity contribution in [3.8, 4) is 6.07 Å². The molecule has 6 heteroatoms. The molecule has 2 fully saturated rings. The van der Waals surface area contributed by atoms with Gasteiger partial charge in [-0.15, -0.1) is 0 Å². The largest absolute Gasteiger partial charge is 0.372 e. The number of likely N-dealkylation sites (tertiary alicyclic amines) is 1. The van der Waals surface area contributed by atoms with Gasteiger partial charge < -0.3 is 15.1 Å². The van der Waals surface area contributed by atoms with Gasteiger partial charge in [-0.25, -0.2) is 9.98 Å². The van der Waals surface area contributed by atoms with Crippen LogP contribution in [0.5, 0.6) is 0 Å². The summed E-state index contributed by atoms with van der Waals surface area (Å²) in [5, 5.41) is 12.4. The van der Waals surface area contributed by atoms with Crippen LogP contribution >= 0.6 is 0 Å². The van der Waals surface area contributed by atoms with Crippen LogP contribution in [0.25, 0.3) is 0 Å². The molecule has 3 heterocycles. The normalized spacial score (nSPS) is 23.8. The maximum atomic E-state index is 9.10. The Bertz CT molecular complexity index is 959. The summed E-state index contributed by atoms with van der Waals surface area (Å²) in [7, 11) is 0. The van der Waals surface area contributed by atoms with E-state index < -0.39 is 0 Å². The van der Waals surface area contributed by atoms with Gasteiger partial charge in [-0.05, 0) is 63.7 Å². The number of anilines is 1. The number of nitriles is 1. The SMILES string of the molecule is CC/C(C)=C/N=C1\NC=C\C1=C(\C)N1CCC(N(CC2CC2)c2ccc(C#N)cn2)C1. The predicted molar refractivity (Wildman–Crippen MR) is 125 cm³/mol. The molecule has 1 unspecified atom stereocenters. The molecule has 0 amide bonds. The first kappa shape index (κ1) is 21.2. The van der Waals surface area contributed by atoms with E-state index in [2.05, 4.69) is 58.0 Å². The molecule has 1 aliphatic carbocycles. The van der Waals surface area contributed by atoms with E-state index in [1.54, 1.807) is 6.20 Å². The Kier molecular flexibility index (Phi) is 6.41. The number of pyridine rings is 1. The summed E-state index contributed by atoms with van der Waals surface area (Å²) in [6.07, 6.45) is 12.5. The van der Waals surface area contributed by atoms with Crippen molar-refractivity contribution in [1.82, 2.24) is 15.2 Å². The minimum atomic E-state index is 0.428. The van der Waals surface area contributed by atoms with Crippen LogP contribution in [0.2, 0.25) is 0 Å². The summed E-state index contributed by atoms with van der Waals surface area (Å²) in [4.78, 5) is 14.2. The molecule has 31 heavy (non-hydrogen) atoms. The molecular weight excluding hydrogens is 384 g/mol. The van der Waals surface area contributed by atoms with Crippen molar-refractivity contribution in [3.05, 3.63) is 59.2 Å². The fourth-order valence-corrected chi connectivity index (χ4v) is 4.13. The number of nitrogens with zero attached hydrogens (tertiary/aromatic N) is 5. The lowest BCUT2D eigenvalue weighted by molar-refractivity contribution is 0.414. The summed E-state index contributed by atoms with van der Waals surface area (Å²) in [6.45, 7) is 9.53. The van der Waals surface area contributed by atoms with E-state index in [0.29, 0.717) is 11.6 Å². The molecule has 1 aromatic heterocycles. The predicted octanol–water partition coefficient (Wildman–Crippen LogP) is 4.35. The van der Waals surface area contributed by atoms with Crippen molar-refractivity contribution in [2.24, 2.45) is 10.9 Å². The highest BCUT2D eigenvalue weighted by Crippen LogP contribution is 2.34. The molecule has 1 N–H and O–H groups in total. The molecule has 1 saturated carbocycles. The van der Waals surface area contributed by atoms with Gasteiger partial charge in [0.15, 0.2) is 0 Å². The quantitative estimate of drug-likeness (QED) is 0.716. The van der Waals surface area contributed by atoms with Crippen LogP contribution in [0, 0.1) is 17.2 Å². The minimum Gasteiger partial charge on any atom is -0.372 e. The first-order chi connectivity index (χ1) is 15.1. The standard InChI is InChI=1S/C25H32N6/c1-4-18(2)14-29-25-23(9-11-27-25)19(3)30-12-10-22(17-30)31(16-20-5-6-20)24-8-7-21(13-26)15-28-24/h7-9,11,14-15,20,22H,4-6,10,12,16-17H2,1-3H3,(H,27,29)/b18-14+,23-19+. The first-order valence-electron chi connectivity index (χ1n) is 11.3. The molecule has 0 bridgehead atoms. The van der Waals surface area contributed by atoms with E-state index in [0.717, 1.165) is 50.0 Å². The van der Waals surface area contributed by atoms with E-state index in [4.69, 9.17) is 5.26 Å². The van der Waals surface area contributed by atoms with Gasteiger partial charge >= 0.3 is 0 Å². The Morgan fingerprint density at radius 3 is 2.87 bits per heavy atom. The molecule has 6 nitrogen and oxygen atoms in total. The van der Waals surface area contributed by atoms with Crippen molar-refractivity contribution in [3.63, 3.8) is 0 Å². The lowest BCUT2D eigenvalue weighted by Gasteiger charge is -2.31. The van der Waals surface area contributed by atoms with Crippen LogP contribution in [-0.4, -0.2) is 41.4 Å². The van der Waals surface area contributed by atoms with Gasteiger partial charge in [-0.3, -0.25) is 0 Å². The Morgan fingerprint density at radius 2 is 2.19 bits per heavy atom. The van der Waals surface area contributed by atoms with Gasteiger partial charge in [0.25, 0.3) is 0 Å². The van der Waals surface area contributed by atoms with Crippen LogP contribution < -0.4 is 10.2 Å². The van der Waals surface area contributed by atoms with E-state index in [1.165, 1.54) is 29.7 Å². The van der Waals surface area contributed by atoms with Crippen molar-refractivity contribution in [1.29, 1.82) is 5.26 Å². The molecule has 2 aliphatic heterocycles. The fourth-order valence-electron chi connectivity index (χ4n) is 4.13. The van der Waals surface area contributed by atoms with Gasteiger partial charge in [-0.2, -0.15) is 5.26 Å². The number of amidine groups is 1. The van der Waals surface area contributed by atoms with Crippen molar-refractivity contribution >= 4 is 11.7 Å². The van der Waals surface area contributed by atoms with Crippen LogP contribution in [0.1, 0.15) is 52.0 Å². The molecule has 0 radical (unpaired) electrons. The second kappa shape index (κ2) is 9.38. The molecular formula is C25H32N6. The average Bonchev–Trinajstić information content (AvgIpc) is 3.28. The summed E-state index contributed by atoms with van der Waals surface area (Å²) < 4.78 is 0. The van der Waals surface area contributed by atoms with Crippen molar-refractivity contribution in [2.45, 2.75) is 52.5 Å². The number of hydrogen-bond acceptors (Lipinski definition) is 5. The molecule has 1 saturated heterocycles. The maximum absolute atomic E-state index is 9.10. The first-order valence-corrected chi connectivity index (χ1v) is 11.3. The van der Waals surface area contributed by atoms with E-state index in [1.807, 2.05) is 24.5 Å². The zero-order valence-electron chi connectivity index (χ0n) is 18.8. The molecule has 1 atom stereocenters. The maximum Gasteiger partial charge on any atom is 0.138 e. The number of allylic oxidation sites excluding steroid dienone is 2. The monoisotopic (exact) mass is 416 g/mol. The zero-order valence-corrected chi connectivity index (χ0v) is 18.8. The number of nitrogens with one attached hydrogen (secondary N) is 1. The third kappa shape index (κ3) is 4.99. The Hall–Kier alpha value is -3.07. The van der Waals surface area contributed by atoms with Gasteiger partial charge in [0.05, 0.1) is 5.56 Å². The molecule has 4 rings (SSSR count). The van der Waals surface area contributed by atoms with Crippen LogP contribution in [0.15, 0.2) is 58.6 Å².